The van der Waals surface area contributed by atoms with Gasteiger partial charge in [-0.2, -0.15) is 0 Å². The second kappa shape index (κ2) is 7.06. The Bertz CT molecular complexity index is 934. The number of halogens is 1. The van der Waals surface area contributed by atoms with Crippen LogP contribution < -0.4 is 5.32 Å². The lowest BCUT2D eigenvalue weighted by atomic mass is 9.73. The fourth-order valence-electron chi connectivity index (χ4n) is 3.53. The van der Waals surface area contributed by atoms with Crippen molar-refractivity contribution in [2.45, 2.75) is 18.3 Å². The molecule has 1 aliphatic rings. The van der Waals surface area contributed by atoms with E-state index in [-0.39, 0.29) is 5.91 Å². The third-order valence-corrected chi connectivity index (χ3v) is 5.28. The van der Waals surface area contributed by atoms with Crippen molar-refractivity contribution in [3.63, 3.8) is 0 Å². The molecule has 0 bridgehead atoms. The average molecular weight is 367 g/mol. The Morgan fingerprint density at radius 2 is 1.81 bits per heavy atom. The molecule has 0 atom stereocenters. The topological polar surface area (TPSA) is 51.2 Å². The number of carbonyl (C=O) groups excluding carboxylic acids is 1. The number of para-hydroxylation sites is 1. The van der Waals surface area contributed by atoms with Crippen LogP contribution in [0, 0.1) is 0 Å². The van der Waals surface area contributed by atoms with Crippen LogP contribution in [0.15, 0.2) is 60.8 Å². The maximum Gasteiger partial charge on any atom is 0.235 e. The van der Waals surface area contributed by atoms with Crippen molar-refractivity contribution in [1.82, 2.24) is 4.98 Å². The van der Waals surface area contributed by atoms with E-state index in [1.807, 2.05) is 54.6 Å². The number of aromatic nitrogens is 1. The van der Waals surface area contributed by atoms with E-state index in [1.165, 1.54) is 0 Å². The number of hydrogen-bond acceptors (Lipinski definition) is 3. The zero-order chi connectivity index (χ0) is 18.0. The molecule has 1 saturated heterocycles. The van der Waals surface area contributed by atoms with Gasteiger partial charge in [0.15, 0.2) is 0 Å². The van der Waals surface area contributed by atoms with Crippen LogP contribution in [0.4, 0.5) is 5.69 Å². The van der Waals surface area contributed by atoms with Crippen LogP contribution in [0.1, 0.15) is 18.4 Å². The van der Waals surface area contributed by atoms with Gasteiger partial charge in [-0.15, -0.1) is 0 Å². The third kappa shape index (κ3) is 3.18. The Morgan fingerprint density at radius 1 is 1.08 bits per heavy atom. The highest BCUT2D eigenvalue weighted by Gasteiger charge is 2.41. The van der Waals surface area contributed by atoms with Crippen molar-refractivity contribution in [2.24, 2.45) is 0 Å². The second-order valence-corrected chi connectivity index (χ2v) is 7.01. The minimum absolute atomic E-state index is 0.0276. The average Bonchev–Trinajstić information content (AvgIpc) is 2.69. The molecule has 2 aromatic carbocycles. The lowest BCUT2D eigenvalue weighted by Gasteiger charge is -2.36. The van der Waals surface area contributed by atoms with Crippen LogP contribution >= 0.6 is 11.6 Å². The van der Waals surface area contributed by atoms with Crippen LogP contribution in [-0.4, -0.2) is 24.1 Å². The molecule has 4 rings (SSSR count). The molecule has 1 aliphatic heterocycles. The monoisotopic (exact) mass is 366 g/mol. The molecule has 0 unspecified atom stereocenters. The van der Waals surface area contributed by atoms with E-state index in [2.05, 4.69) is 10.3 Å². The van der Waals surface area contributed by atoms with Gasteiger partial charge in [0.1, 0.15) is 0 Å². The Morgan fingerprint density at radius 3 is 2.58 bits per heavy atom. The predicted molar refractivity (Wildman–Crippen MR) is 104 cm³/mol. The molecule has 0 aliphatic carbocycles. The van der Waals surface area contributed by atoms with Crippen molar-refractivity contribution in [3.8, 4) is 0 Å². The molecule has 4 nitrogen and oxygen atoms in total. The molecular weight excluding hydrogens is 348 g/mol. The second-order valence-electron chi connectivity index (χ2n) is 6.57. The number of nitrogens with zero attached hydrogens (tertiary/aromatic N) is 1. The molecule has 1 fully saturated rings. The summed E-state index contributed by atoms with van der Waals surface area (Å²) < 4.78 is 5.51. The van der Waals surface area contributed by atoms with Gasteiger partial charge in [0.2, 0.25) is 5.91 Å². The lowest BCUT2D eigenvalue weighted by Crippen LogP contribution is -2.44. The van der Waals surface area contributed by atoms with Crippen molar-refractivity contribution in [2.75, 3.05) is 18.5 Å². The molecule has 0 saturated carbocycles. The van der Waals surface area contributed by atoms with E-state index >= 15 is 0 Å². The minimum Gasteiger partial charge on any atom is -0.381 e. The van der Waals surface area contributed by atoms with E-state index in [1.54, 1.807) is 6.20 Å². The Balaban J connectivity index is 1.66. The molecule has 26 heavy (non-hydrogen) atoms. The van der Waals surface area contributed by atoms with Gasteiger partial charge >= 0.3 is 0 Å². The van der Waals surface area contributed by atoms with Gasteiger partial charge in [0.25, 0.3) is 0 Å². The van der Waals surface area contributed by atoms with Gasteiger partial charge in [-0.1, -0.05) is 41.9 Å². The number of pyridine rings is 1. The standard InChI is InChI=1S/C21H19ClN2O2/c22-17-7-5-16(6-8-17)21(9-11-26-12-10-21)20(25)24-18-13-15-3-1-2-4-19(15)23-14-18/h1-8,13-14H,9-12H2,(H,24,25). The molecule has 1 amide bonds. The van der Waals surface area contributed by atoms with Crippen LogP contribution in [0.2, 0.25) is 5.02 Å². The molecule has 0 radical (unpaired) electrons. The maximum absolute atomic E-state index is 13.3. The first kappa shape index (κ1) is 17.0. The van der Waals surface area contributed by atoms with Crippen molar-refractivity contribution in [3.05, 3.63) is 71.4 Å². The number of rotatable bonds is 3. The lowest BCUT2D eigenvalue weighted by molar-refractivity contribution is -0.125. The first-order chi connectivity index (χ1) is 12.7. The summed E-state index contributed by atoms with van der Waals surface area (Å²) in [6.07, 6.45) is 2.98. The highest BCUT2D eigenvalue weighted by molar-refractivity contribution is 6.30. The van der Waals surface area contributed by atoms with Crippen LogP contribution in [-0.2, 0) is 14.9 Å². The fraction of sp³-hybridized carbons (Fsp3) is 0.238. The maximum atomic E-state index is 13.3. The number of amides is 1. The zero-order valence-corrected chi connectivity index (χ0v) is 15.0. The van der Waals surface area contributed by atoms with Crippen LogP contribution in [0.25, 0.3) is 10.9 Å². The molecule has 1 aromatic heterocycles. The van der Waals surface area contributed by atoms with E-state index in [0.29, 0.717) is 36.8 Å². The van der Waals surface area contributed by atoms with E-state index in [0.717, 1.165) is 16.5 Å². The van der Waals surface area contributed by atoms with E-state index in [9.17, 15) is 4.79 Å². The minimum atomic E-state index is -0.617. The van der Waals surface area contributed by atoms with E-state index < -0.39 is 5.41 Å². The Kier molecular flexibility index (Phi) is 4.62. The largest absolute Gasteiger partial charge is 0.381 e. The van der Waals surface area contributed by atoms with Crippen LogP contribution in [0.5, 0.6) is 0 Å². The van der Waals surface area contributed by atoms with Gasteiger partial charge < -0.3 is 10.1 Å². The number of carbonyl (C=O) groups is 1. The summed E-state index contributed by atoms with van der Waals surface area (Å²) in [6, 6.07) is 17.3. The molecule has 5 heteroatoms. The van der Waals surface area contributed by atoms with Crippen molar-refractivity contribution >= 4 is 34.1 Å². The summed E-state index contributed by atoms with van der Waals surface area (Å²) >= 11 is 6.03. The summed E-state index contributed by atoms with van der Waals surface area (Å²) in [7, 11) is 0. The van der Waals surface area contributed by atoms with Gasteiger partial charge in [-0.05, 0) is 42.7 Å². The molecular formula is C21H19ClN2O2. The SMILES string of the molecule is O=C(Nc1cnc2ccccc2c1)C1(c2ccc(Cl)cc2)CCOCC1. The molecule has 1 N–H and O–H groups in total. The highest BCUT2D eigenvalue weighted by Crippen LogP contribution is 2.36. The first-order valence-corrected chi connectivity index (χ1v) is 9.05. The normalized spacial score (nSPS) is 16.3. The molecule has 132 valence electrons. The number of hydrogen-bond donors (Lipinski definition) is 1. The van der Waals surface area contributed by atoms with Crippen molar-refractivity contribution < 1.29 is 9.53 Å². The van der Waals surface area contributed by atoms with Gasteiger partial charge in [0.05, 0.1) is 22.8 Å². The number of nitrogens with one attached hydrogen (secondary N) is 1. The number of benzene rings is 2. The molecule has 3 aromatic rings. The number of anilines is 1. The third-order valence-electron chi connectivity index (χ3n) is 5.03. The van der Waals surface area contributed by atoms with Crippen molar-refractivity contribution in [1.29, 1.82) is 0 Å². The fourth-order valence-corrected chi connectivity index (χ4v) is 3.65. The molecule has 0 spiro atoms. The summed E-state index contributed by atoms with van der Waals surface area (Å²) in [5.74, 6) is -0.0276. The quantitative estimate of drug-likeness (QED) is 0.738. The van der Waals surface area contributed by atoms with E-state index in [4.69, 9.17) is 16.3 Å². The van der Waals surface area contributed by atoms with Crippen LogP contribution in [0.3, 0.4) is 0 Å². The highest BCUT2D eigenvalue weighted by atomic mass is 35.5. The summed E-state index contributed by atoms with van der Waals surface area (Å²) in [6.45, 7) is 1.12. The number of ether oxygens (including phenoxy) is 1. The van der Waals surface area contributed by atoms with Gasteiger partial charge in [-0.25, -0.2) is 0 Å². The van der Waals surface area contributed by atoms with Gasteiger partial charge in [-0.3, -0.25) is 9.78 Å². The summed E-state index contributed by atoms with van der Waals surface area (Å²) in [5, 5.41) is 4.73. The Hall–Kier alpha value is -2.43. The number of fused-ring (bicyclic) bond motifs is 1. The van der Waals surface area contributed by atoms with Gasteiger partial charge in [0, 0.05) is 23.6 Å². The summed E-state index contributed by atoms with van der Waals surface area (Å²) in [4.78, 5) is 17.7. The Labute approximate surface area is 157 Å². The predicted octanol–water partition coefficient (Wildman–Crippen LogP) is 4.58. The summed E-state index contributed by atoms with van der Waals surface area (Å²) in [5.41, 5.74) is 1.96. The zero-order valence-electron chi connectivity index (χ0n) is 14.2. The smallest absolute Gasteiger partial charge is 0.235 e. The first-order valence-electron chi connectivity index (χ1n) is 8.67. The molecule has 2 heterocycles.